The first-order valence-corrected chi connectivity index (χ1v) is 6.22. The highest BCUT2D eigenvalue weighted by atomic mass is 79.9. The molecule has 1 aromatic carbocycles. The van der Waals surface area contributed by atoms with Crippen molar-refractivity contribution in [3.8, 4) is 0 Å². The standard InChI is InChI=1S/C12H17BrN2O/c1-3-8-7-9(13)5-6-11(8)15-12(16)10(14)4-2/h5-7,10H,3-4,14H2,1-2H3,(H,15,16). The van der Waals surface area contributed by atoms with E-state index >= 15 is 0 Å². The molecule has 1 aromatic rings. The Kier molecular flexibility index (Phi) is 4.96. The van der Waals surface area contributed by atoms with Crippen LogP contribution < -0.4 is 11.1 Å². The third-order valence-corrected chi connectivity index (χ3v) is 2.98. The Morgan fingerprint density at radius 3 is 2.75 bits per heavy atom. The van der Waals surface area contributed by atoms with Gasteiger partial charge < -0.3 is 11.1 Å². The molecule has 0 aliphatic carbocycles. The molecule has 1 amide bonds. The van der Waals surface area contributed by atoms with Gasteiger partial charge in [-0.1, -0.05) is 29.8 Å². The second-order valence-corrected chi connectivity index (χ2v) is 4.57. The maximum atomic E-state index is 11.6. The number of aryl methyl sites for hydroxylation is 1. The number of carbonyl (C=O) groups excluding carboxylic acids is 1. The molecule has 88 valence electrons. The van der Waals surface area contributed by atoms with Crippen LogP contribution in [-0.2, 0) is 11.2 Å². The monoisotopic (exact) mass is 284 g/mol. The summed E-state index contributed by atoms with van der Waals surface area (Å²) in [7, 11) is 0. The van der Waals surface area contributed by atoms with Crippen molar-refractivity contribution in [3.05, 3.63) is 28.2 Å². The van der Waals surface area contributed by atoms with Crippen molar-refractivity contribution in [2.45, 2.75) is 32.7 Å². The Balaban J connectivity index is 2.84. The number of amides is 1. The SMILES string of the molecule is CCc1cc(Br)ccc1NC(=O)C(N)CC. The minimum atomic E-state index is -0.437. The number of hydrogen-bond donors (Lipinski definition) is 2. The molecule has 0 aromatic heterocycles. The molecular weight excluding hydrogens is 268 g/mol. The molecule has 1 rings (SSSR count). The van der Waals surface area contributed by atoms with E-state index in [1.165, 1.54) is 0 Å². The normalized spacial score (nSPS) is 12.2. The first-order valence-electron chi connectivity index (χ1n) is 5.43. The summed E-state index contributed by atoms with van der Waals surface area (Å²) in [4.78, 5) is 11.6. The molecule has 0 saturated heterocycles. The van der Waals surface area contributed by atoms with E-state index in [0.29, 0.717) is 6.42 Å². The van der Waals surface area contributed by atoms with Crippen molar-refractivity contribution in [3.63, 3.8) is 0 Å². The van der Waals surface area contributed by atoms with Crippen LogP contribution in [0.15, 0.2) is 22.7 Å². The third-order valence-electron chi connectivity index (χ3n) is 2.48. The van der Waals surface area contributed by atoms with E-state index in [9.17, 15) is 4.79 Å². The molecule has 0 bridgehead atoms. The molecule has 1 atom stereocenters. The second-order valence-electron chi connectivity index (χ2n) is 3.66. The lowest BCUT2D eigenvalue weighted by Gasteiger charge is -2.13. The number of nitrogens with one attached hydrogen (secondary N) is 1. The Bertz CT molecular complexity index is 379. The zero-order valence-electron chi connectivity index (χ0n) is 9.59. The van der Waals surface area contributed by atoms with Crippen molar-refractivity contribution >= 4 is 27.5 Å². The summed E-state index contributed by atoms with van der Waals surface area (Å²) in [5.74, 6) is -0.125. The maximum absolute atomic E-state index is 11.6. The summed E-state index contributed by atoms with van der Waals surface area (Å²) in [6.45, 7) is 3.95. The lowest BCUT2D eigenvalue weighted by molar-refractivity contribution is -0.117. The number of anilines is 1. The first kappa shape index (κ1) is 13.2. The van der Waals surface area contributed by atoms with Crippen LogP contribution in [0.5, 0.6) is 0 Å². The van der Waals surface area contributed by atoms with E-state index < -0.39 is 6.04 Å². The van der Waals surface area contributed by atoms with Gasteiger partial charge in [-0.05, 0) is 36.6 Å². The van der Waals surface area contributed by atoms with Gasteiger partial charge in [0.2, 0.25) is 5.91 Å². The molecule has 0 radical (unpaired) electrons. The third kappa shape index (κ3) is 3.32. The molecule has 0 fully saturated rings. The van der Waals surface area contributed by atoms with E-state index in [4.69, 9.17) is 5.73 Å². The van der Waals surface area contributed by atoms with Gasteiger partial charge in [-0.15, -0.1) is 0 Å². The second kappa shape index (κ2) is 6.01. The number of carbonyl (C=O) groups is 1. The first-order chi connectivity index (χ1) is 7.58. The fraction of sp³-hybridized carbons (Fsp3) is 0.417. The molecule has 0 aliphatic heterocycles. The van der Waals surface area contributed by atoms with Gasteiger partial charge in [0, 0.05) is 10.2 Å². The van der Waals surface area contributed by atoms with Crippen molar-refractivity contribution in [2.75, 3.05) is 5.32 Å². The quantitative estimate of drug-likeness (QED) is 0.893. The van der Waals surface area contributed by atoms with Gasteiger partial charge in [0.05, 0.1) is 6.04 Å². The summed E-state index contributed by atoms with van der Waals surface area (Å²) in [5.41, 5.74) is 7.61. The Labute approximate surface area is 105 Å². The zero-order valence-corrected chi connectivity index (χ0v) is 11.2. The average Bonchev–Trinajstić information content (AvgIpc) is 2.30. The summed E-state index contributed by atoms with van der Waals surface area (Å²) in [6, 6.07) is 5.37. The number of nitrogens with two attached hydrogens (primary N) is 1. The number of halogens is 1. The smallest absolute Gasteiger partial charge is 0.241 e. The van der Waals surface area contributed by atoms with Crippen LogP contribution in [0.25, 0.3) is 0 Å². The summed E-state index contributed by atoms with van der Waals surface area (Å²) in [6.07, 6.45) is 1.51. The predicted molar refractivity (Wildman–Crippen MR) is 70.4 cm³/mol. The van der Waals surface area contributed by atoms with Gasteiger partial charge in [-0.2, -0.15) is 0 Å². The largest absolute Gasteiger partial charge is 0.324 e. The molecular formula is C12H17BrN2O. The fourth-order valence-corrected chi connectivity index (χ4v) is 1.80. The van der Waals surface area contributed by atoms with Crippen LogP contribution in [0, 0.1) is 0 Å². The van der Waals surface area contributed by atoms with Crippen molar-refractivity contribution in [2.24, 2.45) is 5.73 Å². The fourth-order valence-electron chi connectivity index (χ4n) is 1.39. The van der Waals surface area contributed by atoms with E-state index in [2.05, 4.69) is 28.2 Å². The molecule has 16 heavy (non-hydrogen) atoms. The molecule has 0 aliphatic rings. The lowest BCUT2D eigenvalue weighted by atomic mass is 10.1. The van der Waals surface area contributed by atoms with Crippen LogP contribution in [0.3, 0.4) is 0 Å². The predicted octanol–water partition coefficient (Wildman–Crippen LogP) is 2.69. The van der Waals surface area contributed by atoms with Crippen LogP contribution in [0.1, 0.15) is 25.8 Å². The summed E-state index contributed by atoms with van der Waals surface area (Å²) in [5, 5.41) is 2.85. The molecule has 0 saturated carbocycles. The minimum Gasteiger partial charge on any atom is -0.324 e. The zero-order chi connectivity index (χ0) is 12.1. The van der Waals surface area contributed by atoms with Crippen LogP contribution >= 0.6 is 15.9 Å². The highest BCUT2D eigenvalue weighted by Crippen LogP contribution is 2.21. The maximum Gasteiger partial charge on any atom is 0.241 e. The molecule has 0 spiro atoms. The topological polar surface area (TPSA) is 55.1 Å². The average molecular weight is 285 g/mol. The Morgan fingerprint density at radius 2 is 2.19 bits per heavy atom. The number of benzene rings is 1. The van der Waals surface area contributed by atoms with Crippen molar-refractivity contribution < 1.29 is 4.79 Å². The van der Waals surface area contributed by atoms with Gasteiger partial charge in [0.25, 0.3) is 0 Å². The molecule has 3 N–H and O–H groups in total. The molecule has 0 heterocycles. The van der Waals surface area contributed by atoms with Gasteiger partial charge >= 0.3 is 0 Å². The van der Waals surface area contributed by atoms with Crippen LogP contribution in [0.4, 0.5) is 5.69 Å². The van der Waals surface area contributed by atoms with Crippen LogP contribution in [0.2, 0.25) is 0 Å². The highest BCUT2D eigenvalue weighted by Gasteiger charge is 2.12. The molecule has 1 unspecified atom stereocenters. The Morgan fingerprint density at radius 1 is 1.50 bits per heavy atom. The van der Waals surface area contributed by atoms with E-state index in [1.807, 2.05) is 25.1 Å². The summed E-state index contributed by atoms with van der Waals surface area (Å²) < 4.78 is 1.02. The lowest BCUT2D eigenvalue weighted by Crippen LogP contribution is -2.35. The van der Waals surface area contributed by atoms with E-state index in [0.717, 1.165) is 22.1 Å². The summed E-state index contributed by atoms with van der Waals surface area (Å²) >= 11 is 3.41. The van der Waals surface area contributed by atoms with Gasteiger partial charge in [-0.3, -0.25) is 4.79 Å². The van der Waals surface area contributed by atoms with E-state index in [-0.39, 0.29) is 5.91 Å². The number of hydrogen-bond acceptors (Lipinski definition) is 2. The highest BCUT2D eigenvalue weighted by molar-refractivity contribution is 9.10. The van der Waals surface area contributed by atoms with Gasteiger partial charge in [0.1, 0.15) is 0 Å². The van der Waals surface area contributed by atoms with Gasteiger partial charge in [-0.25, -0.2) is 0 Å². The van der Waals surface area contributed by atoms with Crippen LogP contribution in [-0.4, -0.2) is 11.9 Å². The Hall–Kier alpha value is -0.870. The molecule has 4 heteroatoms. The van der Waals surface area contributed by atoms with Crippen molar-refractivity contribution in [1.29, 1.82) is 0 Å². The molecule has 3 nitrogen and oxygen atoms in total. The van der Waals surface area contributed by atoms with E-state index in [1.54, 1.807) is 0 Å². The minimum absolute atomic E-state index is 0.125. The number of rotatable bonds is 4. The van der Waals surface area contributed by atoms with Gasteiger partial charge in [0.15, 0.2) is 0 Å². The van der Waals surface area contributed by atoms with Crippen molar-refractivity contribution in [1.82, 2.24) is 0 Å².